The molecule has 176 valence electrons. The van der Waals surface area contributed by atoms with Gasteiger partial charge in [0.05, 0.1) is 4.90 Å². The Morgan fingerprint density at radius 3 is 2.33 bits per heavy atom. The van der Waals surface area contributed by atoms with Gasteiger partial charge in [0.1, 0.15) is 11.9 Å². The van der Waals surface area contributed by atoms with Crippen LogP contribution >= 0.6 is 0 Å². The van der Waals surface area contributed by atoms with Gasteiger partial charge in [-0.2, -0.15) is 0 Å². The van der Waals surface area contributed by atoms with Crippen molar-refractivity contribution in [2.45, 2.75) is 24.3 Å². The molecule has 0 saturated heterocycles. The number of carbonyl (C=O) groups is 2. The Bertz CT molecular complexity index is 1260. The maximum absolute atomic E-state index is 13.6. The third-order valence-corrected chi connectivity index (χ3v) is 6.51. The fraction of sp³-hybridized carbons (Fsp3) is 0.167. The molecule has 7 nitrogen and oxygen atoms in total. The zero-order valence-electron chi connectivity index (χ0n) is 18.2. The number of amides is 3. The van der Waals surface area contributed by atoms with Gasteiger partial charge in [-0.15, -0.1) is 0 Å². The van der Waals surface area contributed by atoms with Gasteiger partial charge in [-0.05, 0) is 42.3 Å². The van der Waals surface area contributed by atoms with Gasteiger partial charge in [-0.3, -0.25) is 4.79 Å². The summed E-state index contributed by atoms with van der Waals surface area (Å²) in [7, 11) is -2.69. The summed E-state index contributed by atoms with van der Waals surface area (Å²) in [6.45, 7) is 1.61. The fourth-order valence-electron chi connectivity index (χ4n) is 3.32. The van der Waals surface area contributed by atoms with Crippen LogP contribution in [0.3, 0.4) is 0 Å². The number of benzene rings is 3. The molecule has 0 unspecified atom stereocenters. The van der Waals surface area contributed by atoms with Gasteiger partial charge in [0.2, 0.25) is 5.91 Å². The lowest BCUT2D eigenvalue weighted by Crippen LogP contribution is -2.52. The van der Waals surface area contributed by atoms with Crippen molar-refractivity contribution in [2.24, 2.45) is 0 Å². The molecule has 2 N–H and O–H groups in total. The van der Waals surface area contributed by atoms with E-state index in [1.165, 1.54) is 36.2 Å². The van der Waals surface area contributed by atoms with Gasteiger partial charge in [-0.1, -0.05) is 54.6 Å². The molecule has 0 fully saturated rings. The number of urea groups is 1. The molecule has 3 aromatic carbocycles. The summed E-state index contributed by atoms with van der Waals surface area (Å²) in [5.41, 5.74) is 1.53. The second-order valence-electron chi connectivity index (χ2n) is 7.46. The summed E-state index contributed by atoms with van der Waals surface area (Å²) in [5, 5.41) is 2.46. The van der Waals surface area contributed by atoms with E-state index in [4.69, 9.17) is 0 Å². The highest BCUT2D eigenvalue weighted by molar-refractivity contribution is 7.90. The molecule has 1 atom stereocenters. The number of sulfonamides is 1. The highest BCUT2D eigenvalue weighted by Gasteiger charge is 2.28. The third-order valence-electron chi connectivity index (χ3n) is 5.02. The Balaban J connectivity index is 0.00000306. The SMILES string of the molecule is Cc1ccccc1S(=O)(=O)NC(=O)N[C@@H](Cc1ccccc1)C(=O)N(C)c1cccc(F)c1.[HH].[HH]. The average Bonchev–Trinajstić information content (AvgIpc) is 2.78. The Kier molecular flexibility index (Phi) is 7.44. The number of aryl methyl sites for hydroxylation is 1. The van der Waals surface area contributed by atoms with Crippen LogP contribution in [-0.2, 0) is 21.2 Å². The van der Waals surface area contributed by atoms with E-state index in [1.54, 1.807) is 55.5 Å². The molecule has 0 aliphatic carbocycles. The topological polar surface area (TPSA) is 95.6 Å². The number of anilines is 1. The van der Waals surface area contributed by atoms with Crippen molar-refractivity contribution in [3.8, 4) is 0 Å². The molecular weight excluding hydrogens is 445 g/mol. The molecule has 0 aliphatic heterocycles. The van der Waals surface area contributed by atoms with Crippen LogP contribution in [-0.4, -0.2) is 33.4 Å². The molecule has 33 heavy (non-hydrogen) atoms. The molecule has 9 heteroatoms. The number of nitrogens with zero attached hydrogens (tertiary/aromatic N) is 1. The third kappa shape index (κ3) is 6.17. The van der Waals surface area contributed by atoms with Gasteiger partial charge < -0.3 is 10.2 Å². The number of rotatable bonds is 7. The molecule has 0 aromatic heterocycles. The van der Waals surface area contributed by atoms with Crippen LogP contribution in [0.1, 0.15) is 14.0 Å². The first kappa shape index (κ1) is 23.9. The van der Waals surface area contributed by atoms with Crippen molar-refractivity contribution in [3.63, 3.8) is 0 Å². The van der Waals surface area contributed by atoms with Crippen molar-refractivity contribution in [1.29, 1.82) is 0 Å². The Morgan fingerprint density at radius 2 is 1.67 bits per heavy atom. The van der Waals surface area contributed by atoms with Gasteiger partial charge in [0, 0.05) is 22.0 Å². The fourth-order valence-corrected chi connectivity index (χ4v) is 4.48. The molecule has 0 bridgehead atoms. The van der Waals surface area contributed by atoms with Crippen LogP contribution < -0.4 is 14.9 Å². The standard InChI is InChI=1S/C24H24FN3O4S.2H2/c1-17-9-6-7-14-22(17)33(31,32)27-24(30)26-21(15-18-10-4-3-5-11-18)23(29)28(2)20-13-8-12-19(25)16-20;;/h3-14,16,21H,15H2,1-2H3,(H2,26,27,30);2*1H/t21-;;/m0../s1. The van der Waals surface area contributed by atoms with E-state index >= 15 is 0 Å². The molecule has 0 spiro atoms. The van der Waals surface area contributed by atoms with Crippen LogP contribution in [0.5, 0.6) is 0 Å². The molecule has 0 saturated carbocycles. The highest BCUT2D eigenvalue weighted by Crippen LogP contribution is 2.17. The second kappa shape index (κ2) is 10.3. The van der Waals surface area contributed by atoms with Crippen LogP contribution in [0.15, 0.2) is 83.8 Å². The lowest BCUT2D eigenvalue weighted by Gasteiger charge is -2.25. The summed E-state index contributed by atoms with van der Waals surface area (Å²) < 4.78 is 40.9. The molecular formula is C24H28FN3O4S. The molecule has 0 radical (unpaired) electrons. The summed E-state index contributed by atoms with van der Waals surface area (Å²) in [5.74, 6) is -1.05. The van der Waals surface area contributed by atoms with Gasteiger partial charge >= 0.3 is 6.03 Å². The summed E-state index contributed by atoms with van der Waals surface area (Å²) >= 11 is 0. The average molecular weight is 474 g/mol. The van der Waals surface area contributed by atoms with Crippen LogP contribution in [0.2, 0.25) is 0 Å². The first-order valence-corrected chi connectivity index (χ1v) is 11.6. The number of hydrogen-bond donors (Lipinski definition) is 2. The first-order valence-electron chi connectivity index (χ1n) is 10.1. The zero-order valence-corrected chi connectivity index (χ0v) is 19.0. The largest absolute Gasteiger partial charge is 0.329 e. The highest BCUT2D eigenvalue weighted by atomic mass is 32.2. The second-order valence-corrected chi connectivity index (χ2v) is 9.11. The molecule has 0 aliphatic rings. The lowest BCUT2D eigenvalue weighted by atomic mass is 10.0. The van der Waals surface area contributed by atoms with Crippen molar-refractivity contribution < 1.29 is 25.3 Å². The minimum absolute atomic E-state index is 0. The normalized spacial score (nSPS) is 12.0. The minimum atomic E-state index is -4.15. The Morgan fingerprint density at radius 1 is 1.00 bits per heavy atom. The van der Waals surface area contributed by atoms with Crippen LogP contribution in [0.25, 0.3) is 0 Å². The van der Waals surface area contributed by atoms with Crippen LogP contribution in [0, 0.1) is 12.7 Å². The zero-order chi connectivity index (χ0) is 24.0. The molecule has 3 amide bonds. The van der Waals surface area contributed by atoms with Gasteiger partial charge in [0.25, 0.3) is 10.0 Å². The quantitative estimate of drug-likeness (QED) is 0.544. The van der Waals surface area contributed by atoms with Gasteiger partial charge in [0.15, 0.2) is 0 Å². The Labute approximate surface area is 195 Å². The van der Waals surface area contributed by atoms with Crippen molar-refractivity contribution in [2.75, 3.05) is 11.9 Å². The molecule has 3 aromatic rings. The summed E-state index contributed by atoms with van der Waals surface area (Å²) in [4.78, 5) is 27.0. The number of likely N-dealkylation sites (N-methyl/N-ethyl adjacent to an activating group) is 1. The number of hydrogen-bond acceptors (Lipinski definition) is 4. The van der Waals surface area contributed by atoms with Crippen molar-refractivity contribution >= 4 is 27.6 Å². The summed E-state index contributed by atoms with van der Waals surface area (Å²) in [6.07, 6.45) is 0.108. The Hall–Kier alpha value is -3.72. The summed E-state index contributed by atoms with van der Waals surface area (Å²) in [6, 6.07) is 18.5. The van der Waals surface area contributed by atoms with E-state index in [0.717, 1.165) is 5.56 Å². The van der Waals surface area contributed by atoms with E-state index in [2.05, 4.69) is 5.32 Å². The van der Waals surface area contributed by atoms with E-state index in [1.807, 2.05) is 10.8 Å². The number of carbonyl (C=O) groups excluding carboxylic acids is 2. The first-order chi connectivity index (χ1) is 15.7. The van der Waals surface area contributed by atoms with Crippen LogP contribution in [0.4, 0.5) is 14.9 Å². The predicted molar refractivity (Wildman–Crippen MR) is 128 cm³/mol. The van der Waals surface area contributed by atoms with E-state index in [9.17, 15) is 22.4 Å². The number of halogens is 1. The van der Waals surface area contributed by atoms with E-state index in [-0.39, 0.29) is 14.2 Å². The van der Waals surface area contributed by atoms with Crippen molar-refractivity contribution in [3.05, 3.63) is 95.8 Å². The minimum Gasteiger partial charge on any atom is -0.325 e. The monoisotopic (exact) mass is 473 g/mol. The smallest absolute Gasteiger partial charge is 0.325 e. The predicted octanol–water partition coefficient (Wildman–Crippen LogP) is 3.89. The van der Waals surface area contributed by atoms with E-state index in [0.29, 0.717) is 11.3 Å². The molecule has 0 heterocycles. The number of nitrogens with one attached hydrogen (secondary N) is 2. The lowest BCUT2D eigenvalue weighted by molar-refractivity contribution is -0.120. The van der Waals surface area contributed by atoms with E-state index < -0.39 is 33.8 Å². The maximum Gasteiger partial charge on any atom is 0.329 e. The van der Waals surface area contributed by atoms with Crippen molar-refractivity contribution in [1.82, 2.24) is 10.0 Å². The van der Waals surface area contributed by atoms with Gasteiger partial charge in [-0.25, -0.2) is 22.3 Å². The maximum atomic E-state index is 13.6. The molecule has 3 rings (SSSR count).